The van der Waals surface area contributed by atoms with Gasteiger partial charge in [-0.15, -0.1) is 11.4 Å². The van der Waals surface area contributed by atoms with E-state index in [1.165, 1.54) is 30.6 Å². The fraction of sp³-hybridized carbons (Fsp3) is 0.370. The molecule has 0 amide bonds. The van der Waals surface area contributed by atoms with Crippen molar-refractivity contribution in [3.05, 3.63) is 85.6 Å². The summed E-state index contributed by atoms with van der Waals surface area (Å²) in [6.07, 6.45) is 13.6. The first-order chi connectivity index (χ1) is 15.5. The molecule has 0 N–H and O–H groups in total. The fourth-order valence-electron chi connectivity index (χ4n) is 6.14. The number of nitrogens with zero attached hydrogens (tertiary/aromatic N) is 2. The summed E-state index contributed by atoms with van der Waals surface area (Å²) in [5.41, 5.74) is 5.57. The Bertz CT molecular complexity index is 948. The van der Waals surface area contributed by atoms with Gasteiger partial charge in [0.05, 0.1) is 0 Å². The zero-order valence-corrected chi connectivity index (χ0v) is 24.1. The summed E-state index contributed by atoms with van der Waals surface area (Å²) in [6, 6.07) is 17.4. The predicted molar refractivity (Wildman–Crippen MR) is 145 cm³/mol. The molecule has 0 spiro atoms. The minimum absolute atomic E-state index is 0. The molecule has 176 valence electrons. The van der Waals surface area contributed by atoms with Gasteiger partial charge in [-0.25, -0.2) is 0 Å². The summed E-state index contributed by atoms with van der Waals surface area (Å²) >= 11 is -0.556. The number of anilines is 2. The fourth-order valence-corrected chi connectivity index (χ4v) is 10.2. The van der Waals surface area contributed by atoms with Crippen LogP contribution < -0.4 is 4.57 Å². The van der Waals surface area contributed by atoms with Crippen molar-refractivity contribution in [3.63, 3.8) is 0 Å². The maximum absolute atomic E-state index is 4.98. The first-order valence-corrected chi connectivity index (χ1v) is 18.9. The van der Waals surface area contributed by atoms with Gasteiger partial charge in [0.25, 0.3) is 0 Å². The third-order valence-electron chi connectivity index (χ3n) is 7.42. The van der Waals surface area contributed by atoms with Crippen molar-refractivity contribution >= 4 is 49.6 Å². The van der Waals surface area contributed by atoms with Gasteiger partial charge in [-0.3, -0.25) is 0 Å². The van der Waals surface area contributed by atoms with Crippen LogP contribution in [-0.2, 0) is 17.0 Å². The van der Waals surface area contributed by atoms with Crippen molar-refractivity contribution in [2.75, 3.05) is 4.57 Å². The molecule has 0 saturated heterocycles. The Hall–Kier alpha value is -0.969. The molecule has 5 rings (SSSR count). The van der Waals surface area contributed by atoms with Gasteiger partial charge in [0.2, 0.25) is 0 Å². The summed E-state index contributed by atoms with van der Waals surface area (Å²) in [6.45, 7) is 7.52. The minimum atomic E-state index is -1.86. The molecule has 1 saturated carbocycles. The maximum atomic E-state index is 4.98. The van der Waals surface area contributed by atoms with E-state index in [-0.39, 0.29) is 7.43 Å². The second kappa shape index (κ2) is 11.6. The Balaban J connectivity index is 0.000000728. The molecule has 2 nitrogen and oxygen atoms in total. The van der Waals surface area contributed by atoms with E-state index < -0.39 is 25.3 Å². The van der Waals surface area contributed by atoms with Crippen LogP contribution >= 0.6 is 18.6 Å². The van der Waals surface area contributed by atoms with E-state index in [0.717, 1.165) is 28.8 Å². The van der Waals surface area contributed by atoms with Crippen molar-refractivity contribution in [1.82, 2.24) is 0 Å². The van der Waals surface area contributed by atoms with Crippen molar-refractivity contribution < 1.29 is 17.0 Å². The van der Waals surface area contributed by atoms with Crippen molar-refractivity contribution in [2.24, 2.45) is 17.8 Å². The number of para-hydroxylation sites is 4. The molecule has 1 heterocycles. The number of hydrogen-bond acceptors (Lipinski definition) is 1. The van der Waals surface area contributed by atoms with Gasteiger partial charge in [-0.1, -0.05) is 93.6 Å². The van der Waals surface area contributed by atoms with Crippen LogP contribution in [0.15, 0.2) is 72.8 Å². The summed E-state index contributed by atoms with van der Waals surface area (Å²) in [4.78, 5) is 0. The van der Waals surface area contributed by atoms with Crippen LogP contribution in [0.4, 0.5) is 22.7 Å². The molecule has 0 bridgehead atoms. The van der Waals surface area contributed by atoms with E-state index in [2.05, 4.69) is 97.4 Å². The number of allylic oxidation sites excluding steroid dienone is 4. The van der Waals surface area contributed by atoms with Crippen molar-refractivity contribution in [2.45, 2.75) is 44.8 Å². The third-order valence-corrected chi connectivity index (χ3v) is 11.5. The Labute approximate surface area is 218 Å². The van der Waals surface area contributed by atoms with Crippen LogP contribution in [0, 0.1) is 25.2 Å². The molecule has 1 unspecified atom stereocenters. The van der Waals surface area contributed by atoms with Gasteiger partial charge in [0.15, 0.2) is 8.24 Å². The molecule has 0 aromatic heterocycles. The molecule has 3 aliphatic rings. The van der Waals surface area contributed by atoms with Crippen LogP contribution in [0.3, 0.4) is 0 Å². The van der Waals surface area contributed by atoms with Crippen LogP contribution in [0.1, 0.15) is 26.2 Å². The second-order valence-corrected chi connectivity index (χ2v) is 16.5. The molecule has 6 heteroatoms. The molecule has 4 atom stereocenters. The third kappa shape index (κ3) is 5.18. The van der Waals surface area contributed by atoms with E-state index in [4.69, 9.17) is 23.9 Å². The topological polar surface area (TPSA) is 17.3 Å². The van der Waals surface area contributed by atoms with Crippen LogP contribution in [0.25, 0.3) is 5.32 Å². The Morgan fingerprint density at radius 3 is 2.00 bits per heavy atom. The SMILES string of the molecule is CCC[C@H]1CC([Si](C)(C)N2c3ccccc3[N-]c3ccccc32)[C@H]2C=CC=C[C@@H]12.[CH3-].[Cl][Ti][Cl]. The van der Waals surface area contributed by atoms with E-state index >= 15 is 0 Å². The Kier molecular flexibility index (Phi) is 9.40. The van der Waals surface area contributed by atoms with Gasteiger partial charge >= 0.3 is 35.6 Å². The number of rotatable bonds is 4. The number of halogens is 2. The zero-order chi connectivity index (χ0) is 22.7. The van der Waals surface area contributed by atoms with Crippen LogP contribution in [0.5, 0.6) is 0 Å². The van der Waals surface area contributed by atoms with E-state index in [9.17, 15) is 0 Å². The molecule has 1 aliphatic heterocycles. The van der Waals surface area contributed by atoms with E-state index in [1.54, 1.807) is 0 Å². The van der Waals surface area contributed by atoms with Gasteiger partial charge in [0, 0.05) is 11.4 Å². The summed E-state index contributed by atoms with van der Waals surface area (Å²) in [5, 5.41) is 4.98. The molecule has 2 aliphatic carbocycles. The van der Waals surface area contributed by atoms with Crippen molar-refractivity contribution in [1.29, 1.82) is 0 Å². The monoisotopic (exact) mass is 532 g/mol. The van der Waals surface area contributed by atoms with Crippen LogP contribution in [0.2, 0.25) is 18.6 Å². The average Bonchev–Trinajstić information content (AvgIpc) is 3.17. The van der Waals surface area contributed by atoms with Gasteiger partial charge in [0.1, 0.15) is 0 Å². The summed E-state index contributed by atoms with van der Waals surface area (Å²) in [7, 11) is 7.92. The molecular weight excluding hydrogens is 499 g/mol. The van der Waals surface area contributed by atoms with Gasteiger partial charge < -0.3 is 17.3 Å². The quantitative estimate of drug-likeness (QED) is 0.282. The molecule has 2 aromatic rings. The first-order valence-electron chi connectivity index (χ1n) is 11.5. The zero-order valence-electron chi connectivity index (χ0n) is 20.0. The standard InChI is InChI=1S/C26H31N2Si.CH3.2ClH.Ti/c1-4-11-19-18-26(21-13-6-5-12-20(19)21)29(2,3)28-24-16-9-7-14-22(24)27-23-15-8-10-17-25(23)28;;;;/h5-10,12-17,19-21,26H,4,11,18H2,1-3H3;1H3;2*1H;/q2*-1;;;+2/p-2/t19-,20-,21-,26?;;;;/m0..../s1. The molecule has 2 aromatic carbocycles. The summed E-state index contributed by atoms with van der Waals surface area (Å²) < 4.78 is 2.73. The van der Waals surface area contributed by atoms with Gasteiger partial charge in [-0.05, 0) is 41.8 Å². The predicted octanol–water partition coefficient (Wildman–Crippen LogP) is 10.1. The molecule has 0 radical (unpaired) electrons. The number of fused-ring (bicyclic) bond motifs is 3. The summed E-state index contributed by atoms with van der Waals surface area (Å²) in [5.74, 6) is 2.22. The molecular formula is C27H34Cl2N2SiTi-2. The Morgan fingerprint density at radius 1 is 0.939 bits per heavy atom. The Morgan fingerprint density at radius 2 is 1.45 bits per heavy atom. The first kappa shape index (κ1) is 26.6. The number of hydrogen-bond donors (Lipinski definition) is 0. The number of benzene rings is 2. The normalized spacial score (nSPS) is 24.3. The second-order valence-electron chi connectivity index (χ2n) is 9.47. The van der Waals surface area contributed by atoms with E-state index in [1.807, 2.05) is 0 Å². The van der Waals surface area contributed by atoms with Crippen molar-refractivity contribution in [3.8, 4) is 0 Å². The van der Waals surface area contributed by atoms with Gasteiger partial charge in [-0.2, -0.15) is 0 Å². The molecule has 1 fully saturated rings. The molecule has 33 heavy (non-hydrogen) atoms. The van der Waals surface area contributed by atoms with E-state index in [0.29, 0.717) is 5.92 Å². The average molecular weight is 533 g/mol. The van der Waals surface area contributed by atoms with Crippen LogP contribution in [-0.4, -0.2) is 8.24 Å².